The molecule has 7 heteroatoms. The molecule has 0 radical (unpaired) electrons. The van der Waals surface area contributed by atoms with Gasteiger partial charge in [-0.1, -0.05) is 36.4 Å². The van der Waals surface area contributed by atoms with Gasteiger partial charge in [0.1, 0.15) is 35.8 Å². The predicted molar refractivity (Wildman–Crippen MR) is 118 cm³/mol. The molecule has 32 heavy (non-hydrogen) atoms. The topological polar surface area (TPSA) is 61.2 Å². The molecular formula is C25H19FN4O2. The number of aromatic nitrogens is 3. The van der Waals surface area contributed by atoms with Crippen LogP contribution in [-0.4, -0.2) is 21.9 Å². The molecule has 4 aromatic rings. The molecule has 3 aromatic carbocycles. The molecule has 0 amide bonds. The molecule has 158 valence electrons. The van der Waals surface area contributed by atoms with E-state index in [2.05, 4.69) is 15.4 Å². The van der Waals surface area contributed by atoms with Crippen LogP contribution >= 0.6 is 0 Å². The molecule has 1 aromatic heterocycles. The third-order valence-corrected chi connectivity index (χ3v) is 5.90. The van der Waals surface area contributed by atoms with Crippen LogP contribution in [0.25, 0.3) is 5.70 Å². The lowest BCUT2D eigenvalue weighted by Crippen LogP contribution is -2.32. The minimum Gasteiger partial charge on any atom is -0.497 e. The predicted octanol–water partition coefficient (Wildman–Crippen LogP) is 4.99. The van der Waals surface area contributed by atoms with Crippen LogP contribution in [0, 0.1) is 5.82 Å². The Bertz CT molecular complexity index is 1350. The van der Waals surface area contributed by atoms with Gasteiger partial charge >= 0.3 is 0 Å². The molecule has 0 saturated carbocycles. The number of halogens is 1. The van der Waals surface area contributed by atoms with Gasteiger partial charge in [0, 0.05) is 16.7 Å². The Labute approximate surface area is 183 Å². The van der Waals surface area contributed by atoms with Crippen molar-refractivity contribution < 1.29 is 13.9 Å². The summed E-state index contributed by atoms with van der Waals surface area (Å²) in [6.07, 6.45) is 1.11. The van der Waals surface area contributed by atoms with Gasteiger partial charge in [0.25, 0.3) is 0 Å². The fourth-order valence-electron chi connectivity index (χ4n) is 4.46. The second-order valence-electron chi connectivity index (χ2n) is 7.71. The zero-order valence-corrected chi connectivity index (χ0v) is 17.2. The molecule has 0 spiro atoms. The van der Waals surface area contributed by atoms with Gasteiger partial charge in [-0.05, 0) is 42.0 Å². The highest BCUT2D eigenvalue weighted by Crippen LogP contribution is 2.50. The molecule has 0 unspecified atom stereocenters. The van der Waals surface area contributed by atoms with Crippen molar-refractivity contribution in [3.8, 4) is 11.5 Å². The van der Waals surface area contributed by atoms with Gasteiger partial charge in [-0.25, -0.2) is 9.07 Å². The number of anilines is 1. The lowest BCUT2D eigenvalue weighted by atomic mass is 9.84. The Hall–Kier alpha value is -4.13. The Balaban J connectivity index is 1.62. The number of methoxy groups -OCH3 is 1. The SMILES string of the molecule is COc1cccc([C@@H]2Oc3ccccc3C3=C2[C@@H](c2ccc(F)cc2)n2ncnc2N3)c1. The summed E-state index contributed by atoms with van der Waals surface area (Å²) in [7, 11) is 1.64. The number of nitrogens with zero attached hydrogens (tertiary/aromatic N) is 3. The largest absolute Gasteiger partial charge is 0.497 e. The average molecular weight is 426 g/mol. The van der Waals surface area contributed by atoms with Gasteiger partial charge in [0.15, 0.2) is 0 Å². The van der Waals surface area contributed by atoms with Gasteiger partial charge in [-0.2, -0.15) is 10.1 Å². The lowest BCUT2D eigenvalue weighted by Gasteiger charge is -2.39. The lowest BCUT2D eigenvalue weighted by molar-refractivity contribution is 0.222. The second kappa shape index (κ2) is 7.23. The van der Waals surface area contributed by atoms with Crippen LogP contribution in [0.4, 0.5) is 10.3 Å². The maximum absolute atomic E-state index is 13.7. The first kappa shape index (κ1) is 18.6. The fourth-order valence-corrected chi connectivity index (χ4v) is 4.46. The van der Waals surface area contributed by atoms with E-state index in [0.717, 1.165) is 39.5 Å². The minimum atomic E-state index is -0.407. The maximum Gasteiger partial charge on any atom is 0.226 e. The Morgan fingerprint density at radius 1 is 1.00 bits per heavy atom. The molecular weight excluding hydrogens is 407 g/mol. The third kappa shape index (κ3) is 2.85. The van der Waals surface area contributed by atoms with E-state index in [4.69, 9.17) is 9.47 Å². The average Bonchev–Trinajstić information content (AvgIpc) is 3.31. The Morgan fingerprint density at radius 2 is 1.84 bits per heavy atom. The quantitative estimate of drug-likeness (QED) is 0.500. The van der Waals surface area contributed by atoms with Crippen molar-refractivity contribution in [1.82, 2.24) is 14.8 Å². The van der Waals surface area contributed by atoms with E-state index in [-0.39, 0.29) is 11.9 Å². The summed E-state index contributed by atoms with van der Waals surface area (Å²) < 4.78 is 27.6. The van der Waals surface area contributed by atoms with Crippen LogP contribution in [0.1, 0.15) is 28.8 Å². The number of ether oxygens (including phenoxy) is 2. The molecule has 2 atom stereocenters. The first-order valence-electron chi connectivity index (χ1n) is 10.3. The normalized spacial score (nSPS) is 18.7. The zero-order valence-electron chi connectivity index (χ0n) is 17.2. The number of rotatable bonds is 3. The molecule has 1 N–H and O–H groups in total. The standard InChI is InChI=1S/C25H19FN4O2/c1-31-18-6-4-5-16(13-18)24-21-22(19-7-2-3-8-20(19)32-24)29-25-27-14-28-30(25)23(21)15-9-11-17(26)12-10-15/h2-14,23-24H,1H3,(H,27,28,29)/t23-,24+/m1/s1. The molecule has 0 saturated heterocycles. The minimum absolute atomic E-state index is 0.287. The van der Waals surface area contributed by atoms with Crippen LogP contribution in [0.3, 0.4) is 0 Å². The van der Waals surface area contributed by atoms with E-state index in [1.165, 1.54) is 18.5 Å². The number of fused-ring (bicyclic) bond motifs is 3. The first-order chi connectivity index (χ1) is 15.7. The monoisotopic (exact) mass is 426 g/mol. The van der Waals surface area contributed by atoms with Crippen molar-refractivity contribution >= 4 is 11.6 Å². The van der Waals surface area contributed by atoms with E-state index < -0.39 is 6.10 Å². The highest BCUT2D eigenvalue weighted by molar-refractivity contribution is 5.85. The van der Waals surface area contributed by atoms with Gasteiger partial charge in [-0.3, -0.25) is 0 Å². The summed E-state index contributed by atoms with van der Waals surface area (Å²) in [5, 5.41) is 7.94. The molecule has 6 rings (SSSR count). The van der Waals surface area contributed by atoms with Crippen LogP contribution in [-0.2, 0) is 0 Å². The zero-order chi connectivity index (χ0) is 21.7. The van der Waals surface area contributed by atoms with Crippen molar-refractivity contribution in [3.05, 3.63) is 107 Å². The van der Waals surface area contributed by atoms with Gasteiger partial charge in [0.05, 0.1) is 12.8 Å². The molecule has 2 aliphatic heterocycles. The number of para-hydroxylation sites is 1. The van der Waals surface area contributed by atoms with Crippen molar-refractivity contribution in [2.24, 2.45) is 0 Å². The number of nitrogens with one attached hydrogen (secondary N) is 1. The van der Waals surface area contributed by atoms with Crippen LogP contribution in [0.2, 0.25) is 0 Å². The van der Waals surface area contributed by atoms with Crippen molar-refractivity contribution in [2.45, 2.75) is 12.1 Å². The smallest absolute Gasteiger partial charge is 0.226 e. The van der Waals surface area contributed by atoms with Crippen molar-refractivity contribution in [3.63, 3.8) is 0 Å². The first-order valence-corrected chi connectivity index (χ1v) is 10.3. The fraction of sp³-hybridized carbons (Fsp3) is 0.120. The number of hydrogen-bond donors (Lipinski definition) is 1. The van der Waals surface area contributed by atoms with Crippen LogP contribution in [0.15, 0.2) is 84.7 Å². The number of hydrogen-bond acceptors (Lipinski definition) is 5. The highest BCUT2D eigenvalue weighted by Gasteiger charge is 2.40. The van der Waals surface area contributed by atoms with Crippen LogP contribution in [0.5, 0.6) is 11.5 Å². The molecule has 3 heterocycles. The summed E-state index contributed by atoms with van der Waals surface area (Å²) in [4.78, 5) is 4.41. The van der Waals surface area contributed by atoms with Crippen LogP contribution < -0.4 is 14.8 Å². The Kier molecular flexibility index (Phi) is 4.21. The summed E-state index contributed by atoms with van der Waals surface area (Å²) in [6, 6.07) is 21.9. The number of benzene rings is 3. The molecule has 2 aliphatic rings. The van der Waals surface area contributed by atoms with Gasteiger partial charge < -0.3 is 14.8 Å². The summed E-state index contributed by atoms with van der Waals surface area (Å²) in [5.74, 6) is 1.86. The second-order valence-corrected chi connectivity index (χ2v) is 7.71. The molecule has 6 nitrogen and oxygen atoms in total. The van der Waals surface area contributed by atoms with E-state index in [9.17, 15) is 4.39 Å². The molecule has 0 aliphatic carbocycles. The molecule has 0 bridgehead atoms. The maximum atomic E-state index is 13.7. The van der Waals surface area contributed by atoms with E-state index in [0.29, 0.717) is 5.95 Å². The van der Waals surface area contributed by atoms with E-state index in [1.54, 1.807) is 19.2 Å². The summed E-state index contributed by atoms with van der Waals surface area (Å²) in [6.45, 7) is 0. The van der Waals surface area contributed by atoms with Crippen molar-refractivity contribution in [1.29, 1.82) is 0 Å². The van der Waals surface area contributed by atoms with E-state index in [1.807, 2.05) is 53.2 Å². The molecule has 0 fully saturated rings. The van der Waals surface area contributed by atoms with E-state index >= 15 is 0 Å². The summed E-state index contributed by atoms with van der Waals surface area (Å²) >= 11 is 0. The van der Waals surface area contributed by atoms with Gasteiger partial charge in [0.2, 0.25) is 5.95 Å². The van der Waals surface area contributed by atoms with Crippen molar-refractivity contribution in [2.75, 3.05) is 12.4 Å². The Morgan fingerprint density at radius 3 is 2.69 bits per heavy atom. The highest BCUT2D eigenvalue weighted by atomic mass is 19.1. The summed E-state index contributed by atoms with van der Waals surface area (Å²) in [5.41, 5.74) is 4.69. The third-order valence-electron chi connectivity index (χ3n) is 5.90. The van der Waals surface area contributed by atoms with Gasteiger partial charge in [-0.15, -0.1) is 0 Å².